The number of hydroxylamine groups is 1. The molecule has 0 spiro atoms. The van der Waals surface area contributed by atoms with Gasteiger partial charge < -0.3 is 15.4 Å². The van der Waals surface area contributed by atoms with E-state index in [4.69, 9.17) is 9.36 Å². The molecule has 0 saturated heterocycles. The molecule has 0 saturated carbocycles. The van der Waals surface area contributed by atoms with Crippen LogP contribution >= 0.6 is 28.5 Å². The summed E-state index contributed by atoms with van der Waals surface area (Å²) in [6, 6.07) is 6.85. The number of ether oxygens (including phenoxy) is 1. The molecule has 1 aromatic rings. The summed E-state index contributed by atoms with van der Waals surface area (Å²) in [5, 5.41) is 5.82. The second kappa shape index (κ2) is 16.3. The Morgan fingerprint density at radius 3 is 2.64 bits per heavy atom. The van der Waals surface area contributed by atoms with Crippen molar-refractivity contribution in [1.82, 2.24) is 16.1 Å². The van der Waals surface area contributed by atoms with Crippen molar-refractivity contribution in [2.75, 3.05) is 13.2 Å². The zero-order chi connectivity index (χ0) is 23.9. The van der Waals surface area contributed by atoms with E-state index in [2.05, 4.69) is 24.0 Å². The first-order chi connectivity index (χ1) is 16.0. The Morgan fingerprint density at radius 2 is 1.91 bits per heavy atom. The van der Waals surface area contributed by atoms with Crippen LogP contribution in [0.25, 0.3) is 0 Å². The first-order valence-corrected chi connectivity index (χ1v) is 15.7. The Bertz CT molecular complexity index is 756. The molecule has 182 valence electrons. The maximum absolute atomic E-state index is 12.9. The number of nitrogens with one attached hydrogen (secondary N) is 3. The van der Waals surface area contributed by atoms with Gasteiger partial charge in [0.2, 0.25) is 17.7 Å². The van der Waals surface area contributed by atoms with E-state index in [1.54, 1.807) is 0 Å². The SMILES string of the molecule is BCCCCCCNC(=O)[C@@H]1Cc2ccc(cc2)OCCC[C@H](C(=O)NOPI)CC(=O)N1. The molecule has 2 bridgehead atoms. The highest BCUT2D eigenvalue weighted by molar-refractivity contribution is 14.2. The van der Waals surface area contributed by atoms with Gasteiger partial charge in [-0.3, -0.25) is 14.4 Å². The highest BCUT2D eigenvalue weighted by Crippen LogP contribution is 2.21. The predicted octanol–water partition coefficient (Wildman–Crippen LogP) is 2.61. The molecular formula is C22H34BIN3O5P. The Kier molecular flexibility index (Phi) is 13.7. The second-order valence-corrected chi connectivity index (χ2v) is 9.89. The Balaban J connectivity index is 2.06. The summed E-state index contributed by atoms with van der Waals surface area (Å²) < 4.78 is 10.8. The van der Waals surface area contributed by atoms with Gasteiger partial charge in [-0.1, -0.05) is 37.7 Å². The molecule has 2 aliphatic heterocycles. The van der Waals surface area contributed by atoms with E-state index in [-0.39, 0.29) is 30.6 Å². The number of rotatable bonds is 10. The van der Waals surface area contributed by atoms with Crippen LogP contribution in [0.2, 0.25) is 6.32 Å². The van der Waals surface area contributed by atoms with E-state index in [9.17, 15) is 14.4 Å². The quantitative estimate of drug-likeness (QED) is 0.128. The van der Waals surface area contributed by atoms with Crippen molar-refractivity contribution < 1.29 is 23.7 Å². The summed E-state index contributed by atoms with van der Waals surface area (Å²) in [7, 11) is 2.17. The van der Waals surface area contributed by atoms with Crippen LogP contribution < -0.4 is 20.9 Å². The van der Waals surface area contributed by atoms with Crippen molar-refractivity contribution in [3.8, 4) is 5.75 Å². The minimum atomic E-state index is -0.710. The normalized spacial score (nSPS) is 19.5. The van der Waals surface area contributed by atoms with Crippen molar-refractivity contribution in [3.05, 3.63) is 29.8 Å². The van der Waals surface area contributed by atoms with Gasteiger partial charge in [0.05, 0.1) is 6.61 Å². The maximum Gasteiger partial charge on any atom is 0.247 e. The molecule has 2 heterocycles. The van der Waals surface area contributed by atoms with Crippen LogP contribution in [0, 0.1) is 5.92 Å². The zero-order valence-corrected chi connectivity index (χ0v) is 22.3. The van der Waals surface area contributed by atoms with E-state index in [1.165, 1.54) is 12.7 Å². The molecule has 1 unspecified atom stereocenters. The van der Waals surface area contributed by atoms with Gasteiger partial charge >= 0.3 is 0 Å². The van der Waals surface area contributed by atoms with Crippen molar-refractivity contribution >= 4 is 54.1 Å². The number of halogens is 1. The number of benzene rings is 1. The minimum Gasteiger partial charge on any atom is -0.494 e. The lowest BCUT2D eigenvalue weighted by molar-refractivity contribution is -0.136. The molecule has 3 amide bonds. The molecule has 0 fully saturated rings. The first-order valence-electron chi connectivity index (χ1n) is 11.6. The summed E-state index contributed by atoms with van der Waals surface area (Å²) >= 11 is 2.01. The van der Waals surface area contributed by atoms with Crippen molar-refractivity contribution in [2.24, 2.45) is 5.92 Å². The molecule has 0 radical (unpaired) electrons. The van der Waals surface area contributed by atoms with Crippen molar-refractivity contribution in [3.63, 3.8) is 0 Å². The van der Waals surface area contributed by atoms with Crippen LogP contribution in [0.15, 0.2) is 24.3 Å². The fraction of sp³-hybridized carbons (Fsp3) is 0.591. The Morgan fingerprint density at radius 1 is 1.15 bits per heavy atom. The number of unbranched alkanes of at least 4 members (excludes halogenated alkanes) is 3. The third kappa shape index (κ3) is 11.1. The number of fused-ring (bicyclic) bond motifs is 11. The van der Waals surface area contributed by atoms with Gasteiger partial charge in [-0.2, -0.15) is 0 Å². The lowest BCUT2D eigenvalue weighted by Crippen LogP contribution is -2.49. The summed E-state index contributed by atoms with van der Waals surface area (Å²) in [5.41, 5.74) is 3.33. The smallest absolute Gasteiger partial charge is 0.247 e. The summed E-state index contributed by atoms with van der Waals surface area (Å²) in [6.45, 7) is 1.11. The molecule has 3 rings (SSSR count). The Labute approximate surface area is 211 Å². The molecule has 3 N–H and O–H groups in total. The van der Waals surface area contributed by atoms with E-state index in [0.717, 1.165) is 30.6 Å². The Hall–Kier alpha value is -1.39. The number of carbonyl (C=O) groups excluding carboxylic acids is 3. The van der Waals surface area contributed by atoms with E-state index in [1.807, 2.05) is 46.3 Å². The third-order valence-corrected chi connectivity index (χ3v) is 6.39. The van der Waals surface area contributed by atoms with Crippen LogP contribution in [0.4, 0.5) is 0 Å². The molecule has 8 nitrogen and oxygen atoms in total. The fourth-order valence-electron chi connectivity index (χ4n) is 3.71. The van der Waals surface area contributed by atoms with Crippen LogP contribution in [-0.2, 0) is 25.4 Å². The number of hydrogen-bond donors (Lipinski definition) is 3. The van der Waals surface area contributed by atoms with Crippen molar-refractivity contribution in [1.29, 1.82) is 0 Å². The molecule has 0 aliphatic carbocycles. The van der Waals surface area contributed by atoms with Crippen LogP contribution in [0.5, 0.6) is 5.75 Å². The zero-order valence-electron chi connectivity index (χ0n) is 19.2. The molecule has 3 atom stereocenters. The number of hydrogen-bond acceptors (Lipinski definition) is 5. The molecule has 11 heteroatoms. The monoisotopic (exact) mass is 589 g/mol. The van der Waals surface area contributed by atoms with Crippen LogP contribution in [0.3, 0.4) is 0 Å². The van der Waals surface area contributed by atoms with Crippen LogP contribution in [-0.4, -0.2) is 44.8 Å². The highest BCUT2D eigenvalue weighted by atomic mass is 127. The maximum atomic E-state index is 12.9. The molecule has 33 heavy (non-hydrogen) atoms. The lowest BCUT2D eigenvalue weighted by atomic mass is 9.97. The van der Waals surface area contributed by atoms with Gasteiger partial charge in [-0.25, -0.2) is 10.1 Å². The van der Waals surface area contributed by atoms with Crippen molar-refractivity contribution in [2.45, 2.75) is 63.7 Å². The summed E-state index contributed by atoms with van der Waals surface area (Å²) in [4.78, 5) is 38.2. The number of amides is 3. The van der Waals surface area contributed by atoms with Gasteiger partial charge in [0.25, 0.3) is 0 Å². The largest absolute Gasteiger partial charge is 0.494 e. The van der Waals surface area contributed by atoms with Gasteiger partial charge in [0.1, 0.15) is 26.1 Å². The molecule has 1 aromatic carbocycles. The van der Waals surface area contributed by atoms with E-state index < -0.39 is 12.0 Å². The first kappa shape index (κ1) is 27.9. The van der Waals surface area contributed by atoms with E-state index in [0.29, 0.717) is 32.4 Å². The summed E-state index contributed by atoms with van der Waals surface area (Å²) in [5.74, 6) is -0.694. The molecular weight excluding hydrogens is 555 g/mol. The minimum absolute atomic E-state index is 0.0159. The van der Waals surface area contributed by atoms with Gasteiger partial charge in [0, 0.05) is 25.3 Å². The van der Waals surface area contributed by atoms with Gasteiger partial charge in [-0.05, 0) is 59.0 Å². The number of carbonyl (C=O) groups is 3. The van der Waals surface area contributed by atoms with Gasteiger partial charge in [-0.15, -0.1) is 0 Å². The topological polar surface area (TPSA) is 106 Å². The predicted molar refractivity (Wildman–Crippen MR) is 141 cm³/mol. The third-order valence-electron chi connectivity index (χ3n) is 5.55. The van der Waals surface area contributed by atoms with Crippen LogP contribution in [0.1, 0.15) is 50.5 Å². The standard InChI is InChI=1S/C22H34BIN3O5P/c23-11-3-1-2-4-12-25-22(30)19-14-16-7-9-18(10-8-16)31-13-5-6-17(15-20(28)26-19)21(29)27-32-33-24/h7-10,17,19,33H,1-6,11-15,23H2,(H,25,30)(H,26,28)(H,27,29)/t17-,19-/m0/s1. The average molecular weight is 589 g/mol. The van der Waals surface area contributed by atoms with E-state index >= 15 is 0 Å². The molecule has 2 aliphatic rings. The van der Waals surface area contributed by atoms with Gasteiger partial charge in [0.15, 0.2) is 0 Å². The average Bonchev–Trinajstić information content (AvgIpc) is 2.81. The highest BCUT2D eigenvalue weighted by Gasteiger charge is 2.26. The fourth-order valence-corrected chi connectivity index (χ4v) is 4.18. The lowest BCUT2D eigenvalue weighted by Gasteiger charge is -2.22. The summed E-state index contributed by atoms with van der Waals surface area (Å²) in [6.07, 6.45) is 6.95. The molecule has 0 aromatic heterocycles. The second-order valence-electron chi connectivity index (χ2n) is 8.21.